The molecule has 1 amide bonds. The number of hydrogen-bond acceptors (Lipinski definition) is 2. The van der Waals surface area contributed by atoms with Crippen molar-refractivity contribution in [2.24, 2.45) is 0 Å². The van der Waals surface area contributed by atoms with E-state index in [4.69, 9.17) is 0 Å². The molecule has 2 heterocycles. The van der Waals surface area contributed by atoms with Gasteiger partial charge in [-0.25, -0.2) is 0 Å². The fraction of sp³-hybridized carbons (Fsp3) is 0.227. The Labute approximate surface area is 152 Å². The van der Waals surface area contributed by atoms with Crippen LogP contribution in [0.3, 0.4) is 0 Å². The highest BCUT2D eigenvalue weighted by molar-refractivity contribution is 7.07. The summed E-state index contributed by atoms with van der Waals surface area (Å²) in [4.78, 5) is 14.8. The van der Waals surface area contributed by atoms with Gasteiger partial charge >= 0.3 is 0 Å². The highest BCUT2D eigenvalue weighted by atomic mass is 32.1. The van der Waals surface area contributed by atoms with Crippen LogP contribution >= 0.6 is 11.3 Å². The van der Waals surface area contributed by atoms with Gasteiger partial charge in [-0.3, -0.25) is 4.79 Å². The van der Waals surface area contributed by atoms with Gasteiger partial charge in [0.05, 0.1) is 0 Å². The Morgan fingerprint density at radius 2 is 1.84 bits per heavy atom. The maximum absolute atomic E-state index is 12.8. The van der Waals surface area contributed by atoms with Crippen LogP contribution in [0.5, 0.6) is 0 Å². The van der Waals surface area contributed by atoms with Gasteiger partial charge in [0.15, 0.2) is 0 Å². The molecule has 1 unspecified atom stereocenters. The summed E-state index contributed by atoms with van der Waals surface area (Å²) in [6.07, 6.45) is 1.41. The normalized spacial score (nSPS) is 16.5. The lowest BCUT2D eigenvalue weighted by molar-refractivity contribution is -0.132. The van der Waals surface area contributed by atoms with E-state index in [0.29, 0.717) is 6.42 Å². The van der Waals surface area contributed by atoms with E-state index in [1.165, 1.54) is 22.3 Å². The molecule has 0 saturated carbocycles. The highest BCUT2D eigenvalue weighted by Gasteiger charge is 2.28. The highest BCUT2D eigenvalue weighted by Crippen LogP contribution is 2.33. The lowest BCUT2D eigenvalue weighted by Gasteiger charge is -2.35. The number of benzene rings is 2. The predicted molar refractivity (Wildman–Crippen MR) is 103 cm³/mol. The van der Waals surface area contributed by atoms with Gasteiger partial charge in [-0.05, 0) is 45.5 Å². The summed E-state index contributed by atoms with van der Waals surface area (Å²) in [6.45, 7) is 1.49. The van der Waals surface area contributed by atoms with Gasteiger partial charge in [-0.2, -0.15) is 11.3 Å². The SMILES string of the molecule is O=C(CCc1ccsc1)N1Cc2ccccc2C(c2ccccc2)C1. The van der Waals surface area contributed by atoms with Crippen LogP contribution in [-0.4, -0.2) is 17.4 Å². The van der Waals surface area contributed by atoms with Crippen molar-refractivity contribution in [3.8, 4) is 0 Å². The van der Waals surface area contributed by atoms with E-state index in [0.717, 1.165) is 19.5 Å². The fourth-order valence-corrected chi connectivity index (χ4v) is 4.31. The molecule has 0 N–H and O–H groups in total. The zero-order valence-electron chi connectivity index (χ0n) is 14.1. The Balaban J connectivity index is 1.56. The lowest BCUT2D eigenvalue weighted by Crippen LogP contribution is -2.38. The molecule has 2 aromatic carbocycles. The minimum Gasteiger partial charge on any atom is -0.337 e. The second-order valence-corrected chi connectivity index (χ2v) is 7.35. The van der Waals surface area contributed by atoms with Gasteiger partial charge < -0.3 is 4.90 Å². The van der Waals surface area contributed by atoms with Crippen molar-refractivity contribution in [3.63, 3.8) is 0 Å². The smallest absolute Gasteiger partial charge is 0.223 e. The summed E-state index contributed by atoms with van der Waals surface area (Å²) in [5.41, 5.74) is 5.17. The van der Waals surface area contributed by atoms with Crippen LogP contribution < -0.4 is 0 Å². The molecule has 0 aliphatic carbocycles. The third-order valence-corrected chi connectivity index (χ3v) is 5.69. The van der Waals surface area contributed by atoms with Gasteiger partial charge in [-0.15, -0.1) is 0 Å². The van der Waals surface area contributed by atoms with Crippen molar-refractivity contribution < 1.29 is 4.79 Å². The second kappa shape index (κ2) is 7.24. The van der Waals surface area contributed by atoms with Crippen molar-refractivity contribution in [1.82, 2.24) is 4.90 Å². The second-order valence-electron chi connectivity index (χ2n) is 6.57. The minimum atomic E-state index is 0.252. The zero-order valence-corrected chi connectivity index (χ0v) is 14.9. The molecule has 1 aliphatic heterocycles. The number of hydrogen-bond donors (Lipinski definition) is 0. The van der Waals surface area contributed by atoms with Gasteiger partial charge in [-0.1, -0.05) is 54.6 Å². The molecular weight excluding hydrogens is 326 g/mol. The van der Waals surface area contributed by atoms with Crippen LogP contribution in [0, 0.1) is 0 Å². The Bertz CT molecular complexity index is 841. The average Bonchev–Trinajstić information content (AvgIpc) is 3.19. The maximum Gasteiger partial charge on any atom is 0.223 e. The Morgan fingerprint density at radius 1 is 1.04 bits per heavy atom. The molecule has 1 aromatic heterocycles. The van der Waals surface area contributed by atoms with E-state index in [1.807, 2.05) is 11.0 Å². The van der Waals surface area contributed by atoms with Crippen LogP contribution in [0.4, 0.5) is 0 Å². The van der Waals surface area contributed by atoms with E-state index in [2.05, 4.69) is 65.4 Å². The lowest BCUT2D eigenvalue weighted by atomic mass is 9.84. The first-order chi connectivity index (χ1) is 12.3. The van der Waals surface area contributed by atoms with Crippen molar-refractivity contribution in [2.75, 3.05) is 6.54 Å². The molecule has 3 heteroatoms. The molecule has 1 atom stereocenters. The molecular formula is C22H21NOS. The fourth-order valence-electron chi connectivity index (χ4n) is 3.61. The number of thiophene rings is 1. The average molecular weight is 347 g/mol. The van der Waals surface area contributed by atoms with Gasteiger partial charge in [0.2, 0.25) is 5.91 Å². The van der Waals surface area contributed by atoms with Crippen LogP contribution in [-0.2, 0) is 17.8 Å². The standard InChI is InChI=1S/C22H21NOS/c24-22(11-10-17-12-13-25-16-17)23-14-19-8-4-5-9-20(19)21(15-23)18-6-2-1-3-7-18/h1-9,12-13,16,21H,10-11,14-15H2. The van der Waals surface area contributed by atoms with E-state index in [9.17, 15) is 4.79 Å². The molecule has 0 saturated heterocycles. The predicted octanol–water partition coefficient (Wildman–Crippen LogP) is 4.86. The molecule has 3 aromatic rings. The first-order valence-electron chi connectivity index (χ1n) is 8.73. The number of rotatable bonds is 4. The topological polar surface area (TPSA) is 20.3 Å². The van der Waals surface area contributed by atoms with E-state index in [-0.39, 0.29) is 11.8 Å². The molecule has 0 spiro atoms. The van der Waals surface area contributed by atoms with Crippen LogP contribution in [0.15, 0.2) is 71.4 Å². The molecule has 0 radical (unpaired) electrons. The van der Waals surface area contributed by atoms with Gasteiger partial charge in [0, 0.05) is 25.4 Å². The first kappa shape index (κ1) is 16.1. The summed E-state index contributed by atoms with van der Waals surface area (Å²) < 4.78 is 0. The van der Waals surface area contributed by atoms with Gasteiger partial charge in [0.1, 0.15) is 0 Å². The summed E-state index contributed by atoms with van der Waals surface area (Å²) >= 11 is 1.69. The maximum atomic E-state index is 12.8. The van der Waals surface area contributed by atoms with Crippen molar-refractivity contribution in [1.29, 1.82) is 0 Å². The number of carbonyl (C=O) groups excluding carboxylic acids is 1. The quantitative estimate of drug-likeness (QED) is 0.660. The Morgan fingerprint density at radius 3 is 2.64 bits per heavy atom. The van der Waals surface area contributed by atoms with Gasteiger partial charge in [0.25, 0.3) is 0 Å². The van der Waals surface area contributed by atoms with E-state index >= 15 is 0 Å². The number of aryl methyl sites for hydroxylation is 1. The zero-order chi connectivity index (χ0) is 17.1. The number of nitrogens with zero attached hydrogens (tertiary/aromatic N) is 1. The number of fused-ring (bicyclic) bond motifs is 1. The van der Waals surface area contributed by atoms with Crippen molar-refractivity contribution in [3.05, 3.63) is 93.7 Å². The minimum absolute atomic E-state index is 0.252. The molecule has 0 bridgehead atoms. The molecule has 126 valence electrons. The van der Waals surface area contributed by atoms with Crippen LogP contribution in [0.25, 0.3) is 0 Å². The monoisotopic (exact) mass is 347 g/mol. The van der Waals surface area contributed by atoms with Crippen molar-refractivity contribution in [2.45, 2.75) is 25.3 Å². The van der Waals surface area contributed by atoms with Crippen LogP contribution in [0.1, 0.15) is 34.6 Å². The van der Waals surface area contributed by atoms with E-state index < -0.39 is 0 Å². The Hall–Kier alpha value is -2.39. The Kier molecular flexibility index (Phi) is 4.66. The van der Waals surface area contributed by atoms with Crippen LogP contribution in [0.2, 0.25) is 0 Å². The molecule has 2 nitrogen and oxygen atoms in total. The number of amides is 1. The summed E-state index contributed by atoms with van der Waals surface area (Å²) in [5.74, 6) is 0.512. The van der Waals surface area contributed by atoms with E-state index in [1.54, 1.807) is 11.3 Å². The third-order valence-electron chi connectivity index (χ3n) is 4.96. The molecule has 4 rings (SSSR count). The molecule has 0 fully saturated rings. The largest absolute Gasteiger partial charge is 0.337 e. The number of carbonyl (C=O) groups is 1. The van der Waals surface area contributed by atoms with Crippen molar-refractivity contribution >= 4 is 17.2 Å². The molecule has 25 heavy (non-hydrogen) atoms. The molecule has 1 aliphatic rings. The summed E-state index contributed by atoms with van der Waals surface area (Å²) in [5, 5.41) is 4.20. The summed E-state index contributed by atoms with van der Waals surface area (Å²) in [7, 11) is 0. The first-order valence-corrected chi connectivity index (χ1v) is 9.67. The third kappa shape index (κ3) is 3.52. The summed E-state index contributed by atoms with van der Waals surface area (Å²) in [6, 6.07) is 21.2.